The highest BCUT2D eigenvalue weighted by molar-refractivity contribution is 6.35. The fourth-order valence-corrected chi connectivity index (χ4v) is 2.83. The Kier molecular flexibility index (Phi) is 5.13. The zero-order valence-electron chi connectivity index (χ0n) is 12.6. The molecule has 1 heterocycles. The number of hydrogen-bond donors (Lipinski definition) is 1. The lowest BCUT2D eigenvalue weighted by molar-refractivity contribution is 0.0951. The van der Waals surface area contributed by atoms with E-state index in [4.69, 9.17) is 23.2 Å². The molecule has 1 aromatic heterocycles. The van der Waals surface area contributed by atoms with Gasteiger partial charge < -0.3 is 5.32 Å². The topological polar surface area (TPSA) is 59.8 Å². The lowest BCUT2D eigenvalue weighted by Gasteiger charge is -2.08. The van der Waals surface area contributed by atoms with Crippen molar-refractivity contribution < 1.29 is 4.79 Å². The van der Waals surface area contributed by atoms with E-state index in [0.717, 1.165) is 11.1 Å². The summed E-state index contributed by atoms with van der Waals surface area (Å²) in [5.74, 6) is -0.221. The van der Waals surface area contributed by atoms with E-state index in [1.165, 1.54) is 6.33 Å². The van der Waals surface area contributed by atoms with Crippen LogP contribution in [0, 0.1) is 0 Å². The molecule has 0 saturated heterocycles. The van der Waals surface area contributed by atoms with Gasteiger partial charge in [-0.05, 0) is 29.3 Å². The molecule has 3 aromatic rings. The molecular weight excluding hydrogens is 347 g/mol. The second-order valence-corrected chi connectivity index (χ2v) is 6.13. The third-order valence-electron chi connectivity index (χ3n) is 3.38. The van der Waals surface area contributed by atoms with E-state index in [1.807, 2.05) is 24.3 Å². The van der Waals surface area contributed by atoms with E-state index in [0.29, 0.717) is 28.7 Å². The largest absolute Gasteiger partial charge is 0.348 e. The van der Waals surface area contributed by atoms with Gasteiger partial charge in [-0.1, -0.05) is 47.5 Å². The lowest BCUT2D eigenvalue weighted by atomic mass is 10.1. The molecule has 0 bridgehead atoms. The summed E-state index contributed by atoms with van der Waals surface area (Å²) in [5.41, 5.74) is 2.51. The first-order valence-electron chi connectivity index (χ1n) is 7.25. The molecular formula is C17H14Cl2N4O. The molecule has 5 nitrogen and oxygen atoms in total. The Morgan fingerprint density at radius 3 is 2.54 bits per heavy atom. The first-order valence-corrected chi connectivity index (χ1v) is 8.00. The highest BCUT2D eigenvalue weighted by atomic mass is 35.5. The van der Waals surface area contributed by atoms with Gasteiger partial charge in [0.25, 0.3) is 5.91 Å². The van der Waals surface area contributed by atoms with Gasteiger partial charge in [0.15, 0.2) is 0 Å². The number of benzene rings is 2. The van der Waals surface area contributed by atoms with Gasteiger partial charge in [-0.25, -0.2) is 9.67 Å². The molecule has 3 rings (SSSR count). The van der Waals surface area contributed by atoms with Crippen molar-refractivity contribution >= 4 is 29.1 Å². The number of rotatable bonds is 5. The van der Waals surface area contributed by atoms with Crippen LogP contribution in [-0.4, -0.2) is 20.7 Å². The van der Waals surface area contributed by atoms with Crippen molar-refractivity contribution in [1.82, 2.24) is 20.1 Å². The first kappa shape index (κ1) is 16.5. The number of aromatic nitrogens is 3. The molecule has 2 aromatic carbocycles. The van der Waals surface area contributed by atoms with Gasteiger partial charge in [0.2, 0.25) is 0 Å². The zero-order chi connectivity index (χ0) is 16.9. The molecule has 0 aliphatic heterocycles. The molecule has 0 unspecified atom stereocenters. The lowest BCUT2D eigenvalue weighted by Crippen LogP contribution is -2.22. The van der Waals surface area contributed by atoms with E-state index in [1.54, 1.807) is 29.2 Å². The second kappa shape index (κ2) is 7.47. The van der Waals surface area contributed by atoms with Crippen LogP contribution in [0.5, 0.6) is 0 Å². The van der Waals surface area contributed by atoms with Crippen LogP contribution < -0.4 is 5.32 Å². The Labute approximate surface area is 149 Å². The van der Waals surface area contributed by atoms with E-state index in [9.17, 15) is 4.79 Å². The standard InChI is InChI=1S/C17H14Cl2N4O/c18-15-5-14(6-16(19)7-15)17(24)21-8-12-2-1-3-13(4-12)9-23-11-20-10-22-23/h1-7,10-11H,8-9H2,(H,21,24). The minimum absolute atomic E-state index is 0.221. The van der Waals surface area contributed by atoms with Gasteiger partial charge >= 0.3 is 0 Å². The van der Waals surface area contributed by atoms with Gasteiger partial charge in [-0.3, -0.25) is 4.79 Å². The Morgan fingerprint density at radius 1 is 1.08 bits per heavy atom. The maximum Gasteiger partial charge on any atom is 0.251 e. The summed E-state index contributed by atoms with van der Waals surface area (Å²) in [7, 11) is 0. The van der Waals surface area contributed by atoms with Crippen LogP contribution in [0.15, 0.2) is 55.1 Å². The fraction of sp³-hybridized carbons (Fsp3) is 0.118. The number of carbonyl (C=O) groups is 1. The Bertz CT molecular complexity index is 829. The molecule has 7 heteroatoms. The maximum absolute atomic E-state index is 12.2. The number of halogens is 2. The molecule has 1 amide bonds. The van der Waals surface area contributed by atoms with Crippen LogP contribution in [0.3, 0.4) is 0 Å². The fourth-order valence-electron chi connectivity index (χ4n) is 2.31. The van der Waals surface area contributed by atoms with Crippen LogP contribution in [0.25, 0.3) is 0 Å². The van der Waals surface area contributed by atoms with Crippen molar-refractivity contribution in [2.24, 2.45) is 0 Å². The van der Waals surface area contributed by atoms with E-state index >= 15 is 0 Å². The summed E-state index contributed by atoms with van der Waals surface area (Å²) in [6.45, 7) is 1.04. The predicted molar refractivity (Wildman–Crippen MR) is 93.2 cm³/mol. The average molecular weight is 361 g/mol. The van der Waals surface area contributed by atoms with Crippen LogP contribution in [0.1, 0.15) is 21.5 Å². The Morgan fingerprint density at radius 2 is 1.83 bits per heavy atom. The monoisotopic (exact) mass is 360 g/mol. The van der Waals surface area contributed by atoms with Crippen molar-refractivity contribution in [2.45, 2.75) is 13.1 Å². The van der Waals surface area contributed by atoms with Gasteiger partial charge in [0.1, 0.15) is 12.7 Å². The molecule has 0 spiro atoms. The van der Waals surface area contributed by atoms with E-state index in [-0.39, 0.29) is 5.91 Å². The predicted octanol–water partition coefficient (Wildman–Crippen LogP) is 3.56. The summed E-state index contributed by atoms with van der Waals surface area (Å²) in [4.78, 5) is 16.1. The number of nitrogens with one attached hydrogen (secondary N) is 1. The molecule has 0 aliphatic rings. The summed E-state index contributed by atoms with van der Waals surface area (Å²) >= 11 is 11.8. The summed E-state index contributed by atoms with van der Waals surface area (Å²) in [6.07, 6.45) is 3.16. The van der Waals surface area contributed by atoms with Crippen LogP contribution in [-0.2, 0) is 13.1 Å². The first-order chi connectivity index (χ1) is 11.6. The average Bonchev–Trinajstić information content (AvgIpc) is 3.05. The number of hydrogen-bond acceptors (Lipinski definition) is 3. The molecule has 122 valence electrons. The van der Waals surface area contributed by atoms with E-state index < -0.39 is 0 Å². The van der Waals surface area contributed by atoms with Crippen molar-refractivity contribution in [1.29, 1.82) is 0 Å². The third kappa shape index (κ3) is 4.34. The molecule has 0 atom stereocenters. The van der Waals surface area contributed by atoms with Gasteiger partial charge in [-0.15, -0.1) is 0 Å². The highest BCUT2D eigenvalue weighted by Crippen LogP contribution is 2.19. The summed E-state index contributed by atoms with van der Waals surface area (Å²) in [6, 6.07) is 12.7. The SMILES string of the molecule is O=C(NCc1cccc(Cn2cncn2)c1)c1cc(Cl)cc(Cl)c1. The minimum Gasteiger partial charge on any atom is -0.348 e. The zero-order valence-corrected chi connectivity index (χ0v) is 14.1. The summed E-state index contributed by atoms with van der Waals surface area (Å²) in [5, 5.41) is 7.81. The molecule has 1 N–H and O–H groups in total. The number of carbonyl (C=O) groups excluding carboxylic acids is 1. The summed E-state index contributed by atoms with van der Waals surface area (Å²) < 4.78 is 1.74. The number of amides is 1. The quantitative estimate of drug-likeness (QED) is 0.756. The highest BCUT2D eigenvalue weighted by Gasteiger charge is 2.08. The van der Waals surface area contributed by atoms with Crippen molar-refractivity contribution in [2.75, 3.05) is 0 Å². The van der Waals surface area contributed by atoms with Crippen LogP contribution in [0.4, 0.5) is 0 Å². The van der Waals surface area contributed by atoms with Crippen molar-refractivity contribution in [3.8, 4) is 0 Å². The van der Waals surface area contributed by atoms with Gasteiger partial charge in [-0.2, -0.15) is 5.10 Å². The Balaban J connectivity index is 1.64. The molecule has 0 aliphatic carbocycles. The third-order valence-corrected chi connectivity index (χ3v) is 3.82. The normalized spacial score (nSPS) is 10.6. The van der Waals surface area contributed by atoms with Crippen molar-refractivity contribution in [3.05, 3.63) is 81.9 Å². The smallest absolute Gasteiger partial charge is 0.251 e. The molecule has 0 radical (unpaired) electrons. The number of nitrogens with zero attached hydrogens (tertiary/aromatic N) is 3. The van der Waals surface area contributed by atoms with Gasteiger partial charge in [0, 0.05) is 22.2 Å². The van der Waals surface area contributed by atoms with Crippen LogP contribution in [0.2, 0.25) is 10.0 Å². The van der Waals surface area contributed by atoms with Crippen molar-refractivity contribution in [3.63, 3.8) is 0 Å². The van der Waals surface area contributed by atoms with Crippen LogP contribution >= 0.6 is 23.2 Å². The van der Waals surface area contributed by atoms with E-state index in [2.05, 4.69) is 15.4 Å². The second-order valence-electron chi connectivity index (χ2n) is 5.25. The minimum atomic E-state index is -0.221. The maximum atomic E-state index is 12.2. The Hall–Kier alpha value is -2.37. The molecule has 0 fully saturated rings. The van der Waals surface area contributed by atoms with Gasteiger partial charge in [0.05, 0.1) is 6.54 Å². The molecule has 24 heavy (non-hydrogen) atoms. The molecule has 0 saturated carbocycles.